The lowest BCUT2D eigenvalue weighted by Crippen LogP contribution is -2.34. The molecule has 262 valence electrons. The SMILES string of the molecule is C[C@@H](NC(=O)OC(C)(C)C)c1ccc2cnc(/C=C/C(C)(C)C(=O)O)cc2c1.C[C@@H](NC(=O)OC(C)(C)C)c1ccc2cnc(Cl)cc2c1. The van der Waals surface area contributed by atoms with Crippen LogP contribution >= 0.6 is 11.6 Å². The van der Waals surface area contributed by atoms with Gasteiger partial charge in [-0.3, -0.25) is 9.78 Å². The second kappa shape index (κ2) is 15.7. The minimum Gasteiger partial charge on any atom is -0.481 e. The van der Waals surface area contributed by atoms with Crippen LogP contribution in [0.4, 0.5) is 9.59 Å². The Bertz CT molecular complexity index is 1840. The molecule has 0 unspecified atom stereocenters. The highest BCUT2D eigenvalue weighted by Gasteiger charge is 2.23. The number of nitrogens with one attached hydrogen (secondary N) is 2. The van der Waals surface area contributed by atoms with Crippen molar-refractivity contribution in [2.45, 2.75) is 92.5 Å². The van der Waals surface area contributed by atoms with Crippen LogP contribution in [-0.2, 0) is 14.3 Å². The maximum atomic E-state index is 12.0. The molecule has 2 heterocycles. The number of aliphatic carboxylic acids is 1. The van der Waals surface area contributed by atoms with Crippen molar-refractivity contribution in [2.24, 2.45) is 5.41 Å². The largest absolute Gasteiger partial charge is 0.481 e. The van der Waals surface area contributed by atoms with E-state index in [1.807, 2.05) is 97.9 Å². The number of hydrogen-bond donors (Lipinski definition) is 3. The Morgan fingerprint density at radius 3 is 1.61 bits per heavy atom. The van der Waals surface area contributed by atoms with Crippen molar-refractivity contribution in [1.82, 2.24) is 20.6 Å². The topological polar surface area (TPSA) is 140 Å². The van der Waals surface area contributed by atoms with Crippen LogP contribution in [0.5, 0.6) is 0 Å². The number of amides is 2. The first-order valence-corrected chi connectivity index (χ1v) is 16.4. The summed E-state index contributed by atoms with van der Waals surface area (Å²) >= 11 is 5.91. The van der Waals surface area contributed by atoms with Crippen molar-refractivity contribution in [3.8, 4) is 0 Å². The maximum absolute atomic E-state index is 12.0. The van der Waals surface area contributed by atoms with Gasteiger partial charge in [0, 0.05) is 23.2 Å². The second-order valence-corrected chi connectivity index (χ2v) is 14.8. The first-order valence-electron chi connectivity index (χ1n) is 16.0. The molecular formula is C38H47ClN4O6. The summed E-state index contributed by atoms with van der Waals surface area (Å²) in [6.07, 6.45) is 5.92. The number of rotatable bonds is 7. The molecule has 2 atom stereocenters. The van der Waals surface area contributed by atoms with E-state index in [1.54, 1.807) is 44.5 Å². The predicted octanol–water partition coefficient (Wildman–Crippen LogP) is 9.42. The fourth-order valence-electron chi connectivity index (χ4n) is 4.44. The molecule has 0 fully saturated rings. The fraction of sp³-hybridized carbons (Fsp3) is 0.395. The lowest BCUT2D eigenvalue weighted by Gasteiger charge is -2.22. The Balaban J connectivity index is 0.000000276. The smallest absolute Gasteiger partial charge is 0.408 e. The first-order chi connectivity index (χ1) is 22.6. The van der Waals surface area contributed by atoms with Gasteiger partial charge < -0.3 is 25.2 Å². The summed E-state index contributed by atoms with van der Waals surface area (Å²) in [7, 11) is 0. The fourth-order valence-corrected chi connectivity index (χ4v) is 4.61. The number of alkyl carbamates (subject to hydrolysis) is 2. The van der Waals surface area contributed by atoms with Gasteiger partial charge in [0.2, 0.25) is 0 Å². The number of ether oxygens (including phenoxy) is 2. The van der Waals surface area contributed by atoms with E-state index in [9.17, 15) is 19.5 Å². The van der Waals surface area contributed by atoms with E-state index in [-0.39, 0.29) is 12.1 Å². The molecule has 11 heteroatoms. The highest BCUT2D eigenvalue weighted by atomic mass is 35.5. The molecule has 2 aromatic carbocycles. The molecule has 49 heavy (non-hydrogen) atoms. The van der Waals surface area contributed by atoms with Gasteiger partial charge in [0.15, 0.2) is 0 Å². The van der Waals surface area contributed by atoms with E-state index in [0.717, 1.165) is 32.7 Å². The Morgan fingerprint density at radius 1 is 0.714 bits per heavy atom. The molecule has 10 nitrogen and oxygen atoms in total. The van der Waals surface area contributed by atoms with Crippen molar-refractivity contribution >= 4 is 57.4 Å². The number of aromatic nitrogens is 2. The Labute approximate surface area is 293 Å². The van der Waals surface area contributed by atoms with Gasteiger partial charge in [-0.05, 0) is 121 Å². The van der Waals surface area contributed by atoms with E-state index in [1.165, 1.54) is 0 Å². The monoisotopic (exact) mass is 690 g/mol. The van der Waals surface area contributed by atoms with E-state index < -0.39 is 34.8 Å². The summed E-state index contributed by atoms with van der Waals surface area (Å²) in [6, 6.07) is 15.1. The van der Waals surface area contributed by atoms with Crippen LogP contribution in [0.1, 0.15) is 98.1 Å². The zero-order valence-electron chi connectivity index (χ0n) is 29.8. The van der Waals surface area contributed by atoms with Crippen molar-refractivity contribution < 1.29 is 29.0 Å². The Kier molecular flexibility index (Phi) is 12.4. The average Bonchev–Trinajstić information content (AvgIpc) is 2.97. The molecular weight excluding hydrogens is 644 g/mol. The molecule has 2 amide bonds. The summed E-state index contributed by atoms with van der Waals surface area (Å²) in [5, 5.41) is 19.2. The zero-order chi connectivity index (χ0) is 36.7. The molecule has 0 radical (unpaired) electrons. The number of nitrogens with zero attached hydrogens (tertiary/aromatic N) is 2. The number of carboxylic acid groups (broad SMARTS) is 1. The standard InChI is InChI=1S/C22H28N2O4.C16H19ClN2O2/c1-14(24-20(27)28-21(2,3)4)15-7-8-16-13-23-18(12-17(16)11-15)9-10-22(5,6)19(25)26;1-10(19-15(20)21-16(2,3)4)11-5-6-12-9-18-14(17)8-13(12)7-11/h7-14H,1-6H3,(H,24,27)(H,25,26);5-10H,1-4H3,(H,19,20)/b10-9+;/t14-;10-/m11/s1. The number of halogens is 1. The third-order valence-electron chi connectivity index (χ3n) is 7.17. The molecule has 4 aromatic rings. The molecule has 2 aromatic heterocycles. The number of carbonyl (C=O) groups is 3. The van der Waals surface area contributed by atoms with Crippen molar-refractivity contribution in [3.63, 3.8) is 0 Å². The third kappa shape index (κ3) is 12.4. The van der Waals surface area contributed by atoms with Crippen molar-refractivity contribution in [1.29, 1.82) is 0 Å². The number of fused-ring (bicyclic) bond motifs is 2. The Morgan fingerprint density at radius 2 is 1.16 bits per heavy atom. The number of benzene rings is 2. The maximum Gasteiger partial charge on any atom is 0.408 e. The van der Waals surface area contributed by atoms with Crippen LogP contribution < -0.4 is 10.6 Å². The molecule has 0 bridgehead atoms. The van der Waals surface area contributed by atoms with Gasteiger partial charge >= 0.3 is 18.2 Å². The molecule has 0 saturated carbocycles. The molecule has 0 saturated heterocycles. The first kappa shape index (κ1) is 38.7. The summed E-state index contributed by atoms with van der Waals surface area (Å²) in [5.74, 6) is -0.895. The number of carbonyl (C=O) groups excluding carboxylic acids is 2. The average molecular weight is 691 g/mol. The molecule has 0 aliphatic carbocycles. The van der Waals surface area contributed by atoms with Crippen LogP contribution in [0.2, 0.25) is 5.15 Å². The molecule has 3 N–H and O–H groups in total. The third-order valence-corrected chi connectivity index (χ3v) is 7.37. The molecule has 0 aliphatic rings. The summed E-state index contributed by atoms with van der Waals surface area (Å²) < 4.78 is 10.6. The highest BCUT2D eigenvalue weighted by molar-refractivity contribution is 6.30. The van der Waals surface area contributed by atoms with Gasteiger partial charge in [-0.25, -0.2) is 14.6 Å². The number of pyridine rings is 2. The predicted molar refractivity (Wildman–Crippen MR) is 195 cm³/mol. The summed E-state index contributed by atoms with van der Waals surface area (Å²) in [5.41, 5.74) is 0.563. The van der Waals surface area contributed by atoms with Crippen LogP contribution in [-0.4, -0.2) is 44.4 Å². The second-order valence-electron chi connectivity index (χ2n) is 14.4. The quantitative estimate of drug-likeness (QED) is 0.163. The minimum absolute atomic E-state index is 0.156. The van der Waals surface area contributed by atoms with Crippen molar-refractivity contribution in [2.75, 3.05) is 0 Å². The van der Waals surface area contributed by atoms with Gasteiger partial charge in [0.1, 0.15) is 16.4 Å². The number of carboxylic acids is 1. The van der Waals surface area contributed by atoms with Crippen LogP contribution in [0.3, 0.4) is 0 Å². The van der Waals surface area contributed by atoms with Crippen LogP contribution in [0.25, 0.3) is 27.6 Å². The van der Waals surface area contributed by atoms with Gasteiger partial charge in [0.05, 0.1) is 23.2 Å². The van der Waals surface area contributed by atoms with Crippen LogP contribution in [0.15, 0.2) is 67.0 Å². The Hall–Kier alpha value is -4.70. The van der Waals surface area contributed by atoms with Crippen molar-refractivity contribution in [3.05, 3.63) is 89.0 Å². The van der Waals surface area contributed by atoms with Gasteiger partial charge in [-0.2, -0.15) is 0 Å². The minimum atomic E-state index is -0.968. The van der Waals surface area contributed by atoms with E-state index >= 15 is 0 Å². The van der Waals surface area contributed by atoms with Gasteiger partial charge in [-0.15, -0.1) is 0 Å². The number of hydrogen-bond acceptors (Lipinski definition) is 7. The summed E-state index contributed by atoms with van der Waals surface area (Å²) in [4.78, 5) is 43.4. The molecule has 0 aliphatic heterocycles. The zero-order valence-corrected chi connectivity index (χ0v) is 30.6. The van der Waals surface area contributed by atoms with Gasteiger partial charge in [-0.1, -0.05) is 41.9 Å². The summed E-state index contributed by atoms with van der Waals surface area (Å²) in [6.45, 7) is 18.0. The molecule has 4 rings (SSSR count). The van der Waals surface area contributed by atoms with E-state index in [0.29, 0.717) is 10.8 Å². The lowest BCUT2D eigenvalue weighted by atomic mass is 9.93. The lowest BCUT2D eigenvalue weighted by molar-refractivity contribution is -0.144. The van der Waals surface area contributed by atoms with E-state index in [2.05, 4.69) is 20.6 Å². The normalized spacial score (nSPS) is 13.3. The van der Waals surface area contributed by atoms with Gasteiger partial charge in [0.25, 0.3) is 0 Å². The van der Waals surface area contributed by atoms with E-state index in [4.69, 9.17) is 21.1 Å². The van der Waals surface area contributed by atoms with Crippen LogP contribution in [0, 0.1) is 5.41 Å². The highest BCUT2D eigenvalue weighted by Crippen LogP contribution is 2.24. The molecule has 0 spiro atoms.